The summed E-state index contributed by atoms with van der Waals surface area (Å²) < 4.78 is 23.4. The molecular weight excluding hydrogens is 250 g/mol. The second-order valence-corrected chi connectivity index (χ2v) is 6.21. The monoisotopic (exact) mass is 259 g/mol. The van der Waals surface area contributed by atoms with E-state index in [1.54, 1.807) is 10.7 Å². The zero-order valence-electron chi connectivity index (χ0n) is 8.59. The molecule has 0 aliphatic heterocycles. The molecule has 16 heavy (non-hydrogen) atoms. The van der Waals surface area contributed by atoms with Gasteiger partial charge in [-0.3, -0.25) is 0 Å². The lowest BCUT2D eigenvalue weighted by molar-refractivity contribution is 0.608. The van der Waals surface area contributed by atoms with Crippen molar-refractivity contribution in [3.63, 3.8) is 0 Å². The maximum absolute atomic E-state index is 10.9. The molecule has 0 aromatic carbocycles. The molecule has 2 heterocycles. The number of rotatable bonds is 3. The zero-order chi connectivity index (χ0) is 11.8. The van der Waals surface area contributed by atoms with Crippen molar-refractivity contribution < 1.29 is 8.42 Å². The Morgan fingerprint density at radius 1 is 1.50 bits per heavy atom. The molecule has 0 N–H and O–H groups in total. The minimum Gasteiger partial charge on any atom is -0.237 e. The highest BCUT2D eigenvalue weighted by Gasteiger charge is 2.09. The van der Waals surface area contributed by atoms with Crippen LogP contribution < -0.4 is 0 Å². The van der Waals surface area contributed by atoms with E-state index in [4.69, 9.17) is 10.7 Å². The van der Waals surface area contributed by atoms with Gasteiger partial charge in [0.25, 0.3) is 0 Å². The first kappa shape index (κ1) is 11.3. The van der Waals surface area contributed by atoms with E-state index in [1.807, 2.05) is 13.0 Å². The first-order chi connectivity index (χ1) is 7.48. The van der Waals surface area contributed by atoms with Crippen LogP contribution in [-0.2, 0) is 21.2 Å². The normalized spacial score (nSPS) is 12.1. The van der Waals surface area contributed by atoms with E-state index < -0.39 is 9.05 Å². The molecule has 2 aromatic heterocycles. The van der Waals surface area contributed by atoms with Crippen LogP contribution in [0.5, 0.6) is 0 Å². The predicted octanol–water partition coefficient (Wildman–Crippen LogP) is 1.36. The van der Waals surface area contributed by atoms with Gasteiger partial charge in [0.15, 0.2) is 5.65 Å². The predicted molar refractivity (Wildman–Crippen MR) is 60.8 cm³/mol. The van der Waals surface area contributed by atoms with Crippen molar-refractivity contribution in [1.29, 1.82) is 0 Å². The summed E-state index contributed by atoms with van der Waals surface area (Å²) in [6.07, 6.45) is 3.93. The van der Waals surface area contributed by atoms with Crippen LogP contribution in [0, 0.1) is 0 Å². The van der Waals surface area contributed by atoms with E-state index in [2.05, 4.69) is 10.1 Å². The lowest BCUT2D eigenvalue weighted by atomic mass is 10.3. The van der Waals surface area contributed by atoms with Gasteiger partial charge in [0.2, 0.25) is 9.05 Å². The fourth-order valence-corrected chi connectivity index (χ4v) is 2.34. The summed E-state index contributed by atoms with van der Waals surface area (Å²) in [4.78, 5) is 4.11. The third-order valence-corrected chi connectivity index (χ3v) is 3.12. The molecule has 0 amide bonds. The Morgan fingerprint density at radius 3 is 2.88 bits per heavy atom. The van der Waals surface area contributed by atoms with Gasteiger partial charge in [0.1, 0.15) is 0 Å². The van der Waals surface area contributed by atoms with E-state index in [0.29, 0.717) is 11.2 Å². The lowest BCUT2D eigenvalue weighted by Gasteiger charge is -1.98. The van der Waals surface area contributed by atoms with Crippen molar-refractivity contribution >= 4 is 25.4 Å². The Balaban J connectivity index is 2.43. The Morgan fingerprint density at radius 2 is 2.25 bits per heavy atom. The molecule has 2 rings (SSSR count). The highest BCUT2D eigenvalue weighted by molar-refractivity contribution is 8.13. The van der Waals surface area contributed by atoms with Crippen LogP contribution in [0.15, 0.2) is 18.5 Å². The summed E-state index contributed by atoms with van der Waals surface area (Å²) in [5, 5.41) is 4.24. The van der Waals surface area contributed by atoms with Gasteiger partial charge in [-0.05, 0) is 6.42 Å². The maximum atomic E-state index is 10.9. The molecule has 2 aromatic rings. The van der Waals surface area contributed by atoms with E-state index in [0.717, 1.165) is 12.1 Å². The van der Waals surface area contributed by atoms with Gasteiger partial charge in [-0.2, -0.15) is 5.10 Å². The second kappa shape index (κ2) is 4.03. The first-order valence-electron chi connectivity index (χ1n) is 4.73. The third-order valence-electron chi connectivity index (χ3n) is 2.12. The quantitative estimate of drug-likeness (QED) is 0.781. The Labute approximate surface area is 97.5 Å². The lowest BCUT2D eigenvalue weighted by Crippen LogP contribution is -1.99. The molecule has 0 atom stereocenters. The van der Waals surface area contributed by atoms with Gasteiger partial charge in [-0.1, -0.05) is 6.92 Å². The Bertz CT molecular complexity index is 621. The smallest absolute Gasteiger partial charge is 0.236 e. The standard InChI is InChI=1S/C9H10ClN3O2S/c1-2-8-3-9-11-4-7(5-13(9)12-8)6-16(10,14)15/h3-5H,2,6H2,1H3. The fourth-order valence-electron chi connectivity index (χ4n) is 1.41. The van der Waals surface area contributed by atoms with Gasteiger partial charge >= 0.3 is 0 Å². The van der Waals surface area contributed by atoms with E-state index >= 15 is 0 Å². The molecule has 0 saturated carbocycles. The van der Waals surface area contributed by atoms with Gasteiger partial charge in [0.05, 0.1) is 11.4 Å². The summed E-state index contributed by atoms with van der Waals surface area (Å²) in [5.41, 5.74) is 2.14. The topological polar surface area (TPSA) is 64.3 Å². The van der Waals surface area contributed by atoms with Gasteiger partial charge < -0.3 is 0 Å². The largest absolute Gasteiger partial charge is 0.237 e. The molecule has 0 radical (unpaired) electrons. The number of nitrogens with zero attached hydrogens (tertiary/aromatic N) is 3. The number of fused-ring (bicyclic) bond motifs is 1. The van der Waals surface area contributed by atoms with Crippen LogP contribution in [0.1, 0.15) is 18.2 Å². The minimum absolute atomic E-state index is 0.237. The van der Waals surface area contributed by atoms with Gasteiger partial charge in [-0.15, -0.1) is 0 Å². The van der Waals surface area contributed by atoms with Gasteiger partial charge in [0, 0.05) is 34.7 Å². The molecule has 0 spiro atoms. The SMILES string of the molecule is CCc1cc2ncc(CS(=O)(=O)Cl)cn2n1. The summed E-state index contributed by atoms with van der Waals surface area (Å²) in [6.45, 7) is 1.99. The summed E-state index contributed by atoms with van der Waals surface area (Å²) in [7, 11) is 1.61. The number of hydrogen-bond donors (Lipinski definition) is 0. The maximum Gasteiger partial charge on any atom is 0.236 e. The highest BCUT2D eigenvalue weighted by atomic mass is 35.7. The molecule has 7 heteroatoms. The highest BCUT2D eigenvalue weighted by Crippen LogP contribution is 2.10. The van der Waals surface area contributed by atoms with Crippen molar-refractivity contribution in [2.75, 3.05) is 0 Å². The van der Waals surface area contributed by atoms with Crippen molar-refractivity contribution in [1.82, 2.24) is 14.6 Å². The van der Waals surface area contributed by atoms with Crippen molar-refractivity contribution in [3.8, 4) is 0 Å². The Hall–Kier alpha value is -1.14. The molecule has 0 fully saturated rings. The molecule has 86 valence electrons. The minimum atomic E-state index is -3.55. The molecule has 0 aliphatic rings. The van der Waals surface area contributed by atoms with E-state index in [1.165, 1.54) is 6.20 Å². The number of aromatic nitrogens is 3. The molecule has 0 unspecified atom stereocenters. The summed E-state index contributed by atoms with van der Waals surface area (Å²) >= 11 is 0. The van der Waals surface area contributed by atoms with Crippen molar-refractivity contribution in [2.45, 2.75) is 19.1 Å². The average molecular weight is 260 g/mol. The molecule has 0 saturated heterocycles. The third kappa shape index (κ3) is 2.51. The number of hydrogen-bond acceptors (Lipinski definition) is 4. The molecule has 5 nitrogen and oxygen atoms in total. The summed E-state index contributed by atoms with van der Waals surface area (Å²) in [5.74, 6) is -0.237. The van der Waals surface area contributed by atoms with Crippen molar-refractivity contribution in [3.05, 3.63) is 29.7 Å². The van der Waals surface area contributed by atoms with Crippen LogP contribution in [0.3, 0.4) is 0 Å². The van der Waals surface area contributed by atoms with Gasteiger partial charge in [-0.25, -0.2) is 17.9 Å². The number of aryl methyl sites for hydroxylation is 1. The van der Waals surface area contributed by atoms with Crippen LogP contribution in [-0.4, -0.2) is 23.0 Å². The summed E-state index contributed by atoms with van der Waals surface area (Å²) in [6, 6.07) is 1.86. The van der Waals surface area contributed by atoms with E-state index in [9.17, 15) is 8.42 Å². The van der Waals surface area contributed by atoms with Crippen LogP contribution in [0.2, 0.25) is 0 Å². The molecule has 0 aliphatic carbocycles. The fraction of sp³-hybridized carbons (Fsp3) is 0.333. The second-order valence-electron chi connectivity index (χ2n) is 3.44. The molecular formula is C9H10ClN3O2S. The van der Waals surface area contributed by atoms with Crippen LogP contribution >= 0.6 is 10.7 Å². The van der Waals surface area contributed by atoms with Crippen LogP contribution in [0.4, 0.5) is 0 Å². The zero-order valence-corrected chi connectivity index (χ0v) is 10.2. The average Bonchev–Trinajstić information content (AvgIpc) is 2.57. The number of halogens is 1. The first-order valence-corrected chi connectivity index (χ1v) is 7.21. The Kier molecular flexibility index (Phi) is 2.86. The van der Waals surface area contributed by atoms with Crippen LogP contribution in [0.25, 0.3) is 5.65 Å². The van der Waals surface area contributed by atoms with Crippen molar-refractivity contribution in [2.24, 2.45) is 0 Å². The molecule has 0 bridgehead atoms. The van der Waals surface area contributed by atoms with E-state index in [-0.39, 0.29) is 5.75 Å².